The van der Waals surface area contributed by atoms with E-state index in [-0.39, 0.29) is 39.0 Å². The van der Waals surface area contributed by atoms with Crippen molar-refractivity contribution in [2.45, 2.75) is 40.6 Å². The smallest absolute Gasteiger partial charge is 0.258 e. The molecular weight excluding hydrogens is 853 g/mol. The minimum atomic E-state index is -4.73. The van der Waals surface area contributed by atoms with E-state index in [1.165, 1.54) is 36.4 Å². The van der Waals surface area contributed by atoms with Crippen molar-refractivity contribution in [2.75, 3.05) is 26.2 Å². The van der Waals surface area contributed by atoms with Crippen molar-refractivity contribution in [1.29, 1.82) is 0 Å². The van der Waals surface area contributed by atoms with Crippen LogP contribution in [0, 0.1) is 30.3 Å². The molecule has 2 bridgehead atoms. The second-order valence-electron chi connectivity index (χ2n) is 14.0. The van der Waals surface area contributed by atoms with Gasteiger partial charge in [-0.1, -0.05) is 84.9 Å². The van der Waals surface area contributed by atoms with Gasteiger partial charge in [0.2, 0.25) is 30.1 Å². The predicted octanol–water partition coefficient (Wildman–Crippen LogP) is 6.58. The Bertz CT molecular complexity index is 2860. The maximum Gasteiger partial charge on any atom is 0.289 e. The first-order valence-electron chi connectivity index (χ1n) is 18.7. The highest BCUT2D eigenvalue weighted by molar-refractivity contribution is 7.89. The van der Waals surface area contributed by atoms with Crippen LogP contribution in [-0.4, -0.2) is 79.1 Å². The van der Waals surface area contributed by atoms with Crippen molar-refractivity contribution in [3.05, 3.63) is 163 Å². The van der Waals surface area contributed by atoms with Gasteiger partial charge in [0, 0.05) is 57.5 Å². The van der Waals surface area contributed by atoms with Crippen LogP contribution in [-0.2, 0) is 43.2 Å². The Morgan fingerprint density at radius 2 is 0.623 bits per heavy atom. The Morgan fingerprint density at radius 3 is 0.918 bits per heavy atom. The first kappa shape index (κ1) is 42.9. The molecule has 6 aromatic carbocycles. The predicted molar refractivity (Wildman–Crippen MR) is 224 cm³/mol. The zero-order valence-electron chi connectivity index (χ0n) is 32.0. The van der Waals surface area contributed by atoms with E-state index in [0.717, 1.165) is 49.3 Å². The van der Waals surface area contributed by atoms with Crippen LogP contribution in [0.25, 0.3) is 21.5 Å². The highest BCUT2D eigenvalue weighted by Crippen LogP contribution is 2.38. The Labute approximate surface area is 349 Å². The summed E-state index contributed by atoms with van der Waals surface area (Å²) in [5.41, 5.74) is -1.15. The van der Waals surface area contributed by atoms with Gasteiger partial charge < -0.3 is 0 Å². The Kier molecular flexibility index (Phi) is 12.0. The van der Waals surface area contributed by atoms with E-state index < -0.39 is 89.7 Å². The van der Waals surface area contributed by atoms with Crippen LogP contribution in [0.1, 0.15) is 24.0 Å². The molecule has 0 unspecified atom stereocenters. The van der Waals surface area contributed by atoms with E-state index in [4.69, 9.17) is 0 Å². The van der Waals surface area contributed by atoms with Gasteiger partial charge in [-0.05, 0) is 63.7 Å². The van der Waals surface area contributed by atoms with Crippen LogP contribution < -0.4 is 0 Å². The molecule has 2 aliphatic rings. The molecule has 18 nitrogen and oxygen atoms in total. The summed E-state index contributed by atoms with van der Waals surface area (Å²) in [7, 11) is -14.1. The molecule has 0 spiro atoms. The molecule has 0 atom stereocenters. The molecule has 61 heavy (non-hydrogen) atoms. The van der Waals surface area contributed by atoms with Crippen molar-refractivity contribution in [3.8, 4) is 0 Å². The molecular formula is C40H36N6O12S3. The van der Waals surface area contributed by atoms with Crippen LogP contribution >= 0.6 is 0 Å². The molecule has 0 amide bonds. The van der Waals surface area contributed by atoms with Gasteiger partial charge in [0.25, 0.3) is 17.1 Å². The molecule has 2 heterocycles. The summed E-state index contributed by atoms with van der Waals surface area (Å²) in [6.45, 7) is -2.34. The minimum Gasteiger partial charge on any atom is -0.258 e. The molecule has 0 radical (unpaired) electrons. The summed E-state index contributed by atoms with van der Waals surface area (Å²) in [6, 6.07) is 28.1. The van der Waals surface area contributed by atoms with Crippen molar-refractivity contribution in [3.63, 3.8) is 0 Å². The van der Waals surface area contributed by atoms with Crippen molar-refractivity contribution in [2.24, 2.45) is 0 Å². The first-order valence-corrected chi connectivity index (χ1v) is 23.0. The lowest BCUT2D eigenvalue weighted by molar-refractivity contribution is -0.388. The second-order valence-corrected chi connectivity index (χ2v) is 19.7. The number of nitro groups is 3. The molecule has 316 valence electrons. The number of hydrogen-bond donors (Lipinski definition) is 0. The lowest BCUT2D eigenvalue weighted by Gasteiger charge is -2.26. The molecule has 0 aliphatic carbocycles. The summed E-state index contributed by atoms with van der Waals surface area (Å²) in [5.74, 6) is 0. The highest BCUT2D eigenvalue weighted by atomic mass is 32.2. The number of benzene rings is 6. The van der Waals surface area contributed by atoms with E-state index in [2.05, 4.69) is 0 Å². The van der Waals surface area contributed by atoms with Crippen LogP contribution in [0.5, 0.6) is 0 Å². The highest BCUT2D eigenvalue weighted by Gasteiger charge is 2.37. The number of nitrogens with zero attached hydrogens (tertiary/aromatic N) is 6. The van der Waals surface area contributed by atoms with E-state index in [0.29, 0.717) is 32.7 Å². The Hall–Kier alpha value is -6.23. The normalized spacial score (nSPS) is 15.6. The molecule has 0 fully saturated rings. The quantitative estimate of drug-likeness (QED) is 0.0849. The van der Waals surface area contributed by atoms with Crippen LogP contribution in [0.4, 0.5) is 17.1 Å². The van der Waals surface area contributed by atoms with E-state index >= 15 is 0 Å². The van der Waals surface area contributed by atoms with E-state index in [1.54, 1.807) is 48.5 Å². The number of nitro benzene ring substituents is 3. The third-order valence-electron chi connectivity index (χ3n) is 10.5. The zero-order valence-corrected chi connectivity index (χ0v) is 34.5. The minimum absolute atomic E-state index is 0.216. The average molecular weight is 889 g/mol. The number of fused-ring (bicyclic) bond motifs is 10. The molecule has 2 aliphatic heterocycles. The summed E-state index contributed by atoms with van der Waals surface area (Å²) in [4.78, 5) is 32.0. The van der Waals surface area contributed by atoms with Gasteiger partial charge in [-0.15, -0.1) is 0 Å². The molecule has 21 heteroatoms. The fraction of sp³-hybridized carbons (Fsp3) is 0.200. The van der Waals surface area contributed by atoms with Crippen molar-refractivity contribution < 1.29 is 40.0 Å². The summed E-state index contributed by atoms with van der Waals surface area (Å²) in [6.07, 6.45) is -0.433. The van der Waals surface area contributed by atoms with Crippen LogP contribution in [0.2, 0.25) is 0 Å². The lowest BCUT2D eigenvalue weighted by Crippen LogP contribution is -2.38. The maximum absolute atomic E-state index is 14.7. The summed E-state index contributed by atoms with van der Waals surface area (Å²) < 4.78 is 90.3. The number of rotatable bonds is 9. The molecule has 6 aromatic rings. The summed E-state index contributed by atoms with van der Waals surface area (Å²) >= 11 is 0. The Morgan fingerprint density at radius 1 is 0.377 bits per heavy atom. The molecule has 8 rings (SSSR count). The van der Waals surface area contributed by atoms with Gasteiger partial charge in [0.15, 0.2) is 14.7 Å². The van der Waals surface area contributed by atoms with Gasteiger partial charge in [-0.25, -0.2) is 25.3 Å². The third-order valence-corrected chi connectivity index (χ3v) is 16.2. The fourth-order valence-electron chi connectivity index (χ4n) is 7.67. The van der Waals surface area contributed by atoms with Crippen molar-refractivity contribution in [1.82, 2.24) is 12.9 Å². The number of para-hydroxylation sites is 3. The zero-order chi connectivity index (χ0) is 43.7. The average Bonchev–Trinajstić information content (AvgIpc) is 3.26. The standard InChI is InChI=1S/C40H36N6O12S3/c47-44(48)35-17-5-8-20-38(35)59(53,54)41-23-11-25-42(60(55,56)39-21-9-6-18-36(39)45(49)50)27-33-29-13-1-2-14-30(29)34(32-16-4-3-15-31(32)33)28-43(26-12-24-41)61(57,58)40-22-10-7-19-37(40)46(51)52/h1-10,13-22H,11-12,23-28H2. The second kappa shape index (κ2) is 17.0. The molecule has 0 saturated heterocycles. The maximum atomic E-state index is 14.7. The van der Waals surface area contributed by atoms with Crippen LogP contribution in [0.3, 0.4) is 0 Å². The summed E-state index contributed by atoms with van der Waals surface area (Å²) in [5, 5.41) is 38.4. The van der Waals surface area contributed by atoms with Crippen molar-refractivity contribution >= 4 is 68.7 Å². The van der Waals surface area contributed by atoms with Gasteiger partial charge >= 0.3 is 0 Å². The number of hydrogen-bond acceptors (Lipinski definition) is 12. The third kappa shape index (κ3) is 8.18. The monoisotopic (exact) mass is 888 g/mol. The Balaban J connectivity index is 1.46. The first-order chi connectivity index (χ1) is 29.0. The topological polar surface area (TPSA) is 242 Å². The molecule has 0 saturated carbocycles. The SMILES string of the molecule is O=[N+]([O-])c1ccccc1S(=O)(=O)N1CCCN(S(=O)(=O)c2ccccc2[N+](=O)[O-])Cc2c3ccccc3c(c3ccccc23)CN(S(=O)(=O)c2ccccc2[N+](=O)[O-])CCC1. The van der Waals surface area contributed by atoms with Gasteiger partial charge in [0.05, 0.1) is 14.8 Å². The van der Waals surface area contributed by atoms with Gasteiger partial charge in [-0.3, -0.25) is 30.3 Å². The number of sulfonamides is 3. The molecule has 0 N–H and O–H groups in total. The van der Waals surface area contributed by atoms with E-state index in [9.17, 15) is 55.6 Å². The van der Waals surface area contributed by atoms with Crippen LogP contribution in [0.15, 0.2) is 136 Å². The van der Waals surface area contributed by atoms with E-state index in [1.807, 2.05) is 0 Å². The van der Waals surface area contributed by atoms with Gasteiger partial charge in [-0.2, -0.15) is 12.9 Å². The largest absolute Gasteiger partial charge is 0.289 e. The fourth-order valence-corrected chi connectivity index (χ4v) is 12.5. The molecule has 0 aromatic heterocycles. The van der Waals surface area contributed by atoms with Gasteiger partial charge in [0.1, 0.15) is 0 Å². The lowest BCUT2D eigenvalue weighted by atomic mass is 9.91.